The average molecular weight is 384 g/mol. The standard InChI is InChI=1S/C17H19ClFN3O2S/c18-14-6-3-7-15(19)17(14)16(22-9-1-2-10-22)12-21-25(23,24)13-5-4-8-20-11-13/h3-8,11,16,21H,1-2,9-10,12H2. The van der Waals surface area contributed by atoms with Crippen molar-refractivity contribution in [2.75, 3.05) is 19.6 Å². The molecule has 0 spiro atoms. The topological polar surface area (TPSA) is 62.3 Å². The molecule has 0 amide bonds. The number of aromatic nitrogens is 1. The molecule has 0 aliphatic carbocycles. The van der Waals surface area contributed by atoms with Crippen LogP contribution in [0, 0.1) is 5.82 Å². The number of rotatable bonds is 6. The van der Waals surface area contributed by atoms with Gasteiger partial charge in [0.2, 0.25) is 10.0 Å². The van der Waals surface area contributed by atoms with Crippen molar-refractivity contribution >= 4 is 21.6 Å². The highest BCUT2D eigenvalue weighted by Crippen LogP contribution is 2.32. The average Bonchev–Trinajstić information content (AvgIpc) is 3.12. The van der Waals surface area contributed by atoms with Gasteiger partial charge in [-0.3, -0.25) is 9.88 Å². The number of nitrogens with zero attached hydrogens (tertiary/aromatic N) is 2. The molecule has 1 aromatic carbocycles. The maximum atomic E-state index is 14.4. The van der Waals surface area contributed by atoms with Crippen LogP contribution in [-0.4, -0.2) is 37.9 Å². The number of sulfonamides is 1. The van der Waals surface area contributed by atoms with Gasteiger partial charge in [0.25, 0.3) is 0 Å². The molecule has 0 saturated carbocycles. The second-order valence-electron chi connectivity index (χ2n) is 5.93. The minimum Gasteiger partial charge on any atom is -0.295 e. The summed E-state index contributed by atoms with van der Waals surface area (Å²) in [5.41, 5.74) is 0.333. The van der Waals surface area contributed by atoms with Crippen molar-refractivity contribution in [2.24, 2.45) is 0 Å². The fourth-order valence-electron chi connectivity index (χ4n) is 3.07. The number of benzene rings is 1. The van der Waals surface area contributed by atoms with Crippen LogP contribution in [0.1, 0.15) is 24.4 Å². The van der Waals surface area contributed by atoms with Gasteiger partial charge in [0, 0.05) is 29.5 Å². The highest BCUT2D eigenvalue weighted by atomic mass is 35.5. The van der Waals surface area contributed by atoms with Gasteiger partial charge in [-0.15, -0.1) is 0 Å². The molecule has 3 rings (SSSR count). The molecule has 8 heteroatoms. The van der Waals surface area contributed by atoms with E-state index in [2.05, 4.69) is 14.6 Å². The maximum absolute atomic E-state index is 14.4. The first kappa shape index (κ1) is 18.3. The Balaban J connectivity index is 1.86. The van der Waals surface area contributed by atoms with Crippen LogP contribution in [-0.2, 0) is 10.0 Å². The molecule has 1 fully saturated rings. The number of halogens is 2. The highest BCUT2D eigenvalue weighted by Gasteiger charge is 2.29. The summed E-state index contributed by atoms with van der Waals surface area (Å²) in [6.07, 6.45) is 4.78. The molecule has 1 saturated heterocycles. The molecule has 1 aromatic heterocycles. The molecule has 1 N–H and O–H groups in total. The normalized spacial score (nSPS) is 16.9. The van der Waals surface area contributed by atoms with E-state index in [0.717, 1.165) is 25.9 Å². The first-order valence-corrected chi connectivity index (χ1v) is 9.93. The van der Waals surface area contributed by atoms with Crippen LogP contribution in [0.2, 0.25) is 5.02 Å². The van der Waals surface area contributed by atoms with Crippen LogP contribution in [0.15, 0.2) is 47.6 Å². The van der Waals surface area contributed by atoms with Crippen LogP contribution in [0.25, 0.3) is 0 Å². The van der Waals surface area contributed by atoms with Crippen LogP contribution in [0.3, 0.4) is 0 Å². The largest absolute Gasteiger partial charge is 0.295 e. The molecule has 0 radical (unpaired) electrons. The lowest BCUT2D eigenvalue weighted by molar-refractivity contribution is 0.241. The molecule has 1 aliphatic rings. The van der Waals surface area contributed by atoms with Crippen molar-refractivity contribution in [3.63, 3.8) is 0 Å². The maximum Gasteiger partial charge on any atom is 0.242 e. The minimum atomic E-state index is -3.72. The predicted molar refractivity (Wildman–Crippen MR) is 94.4 cm³/mol. The summed E-state index contributed by atoms with van der Waals surface area (Å²) >= 11 is 6.22. The molecule has 5 nitrogen and oxygen atoms in total. The van der Waals surface area contributed by atoms with Gasteiger partial charge >= 0.3 is 0 Å². The quantitative estimate of drug-likeness (QED) is 0.833. The molecular weight excluding hydrogens is 365 g/mol. The van der Waals surface area contributed by atoms with Crippen molar-refractivity contribution < 1.29 is 12.8 Å². The van der Waals surface area contributed by atoms with Gasteiger partial charge in [0.1, 0.15) is 10.7 Å². The predicted octanol–water partition coefficient (Wildman–Crippen LogP) is 2.99. The third-order valence-corrected chi connectivity index (χ3v) is 6.06. The number of likely N-dealkylation sites (tertiary alicyclic amines) is 1. The summed E-state index contributed by atoms with van der Waals surface area (Å²) in [6, 6.07) is 7.08. The number of hydrogen-bond donors (Lipinski definition) is 1. The van der Waals surface area contributed by atoms with Gasteiger partial charge in [-0.1, -0.05) is 17.7 Å². The Morgan fingerprint density at radius 1 is 1.24 bits per heavy atom. The summed E-state index contributed by atoms with van der Waals surface area (Å²) in [5.74, 6) is -0.426. The zero-order valence-electron chi connectivity index (χ0n) is 13.5. The highest BCUT2D eigenvalue weighted by molar-refractivity contribution is 7.89. The SMILES string of the molecule is O=S(=O)(NCC(c1c(F)cccc1Cl)N1CCCC1)c1cccnc1. The number of pyridine rings is 1. The Morgan fingerprint density at radius 3 is 2.64 bits per heavy atom. The lowest BCUT2D eigenvalue weighted by atomic mass is 10.0. The Morgan fingerprint density at radius 2 is 2.00 bits per heavy atom. The Hall–Kier alpha value is -1.54. The molecule has 2 aromatic rings. The van der Waals surface area contributed by atoms with Crippen molar-refractivity contribution in [1.29, 1.82) is 0 Å². The molecule has 2 heterocycles. The molecule has 0 bridgehead atoms. The summed E-state index contributed by atoms with van der Waals surface area (Å²) in [6.45, 7) is 1.60. The van der Waals surface area contributed by atoms with E-state index < -0.39 is 21.9 Å². The Kier molecular flexibility index (Phi) is 5.68. The lowest BCUT2D eigenvalue weighted by Gasteiger charge is -2.29. The van der Waals surface area contributed by atoms with Gasteiger partial charge < -0.3 is 0 Å². The Labute approximate surface area is 151 Å². The Bertz CT molecular complexity index is 807. The first-order chi connectivity index (χ1) is 12.0. The first-order valence-electron chi connectivity index (χ1n) is 8.07. The van der Waals surface area contributed by atoms with Gasteiger partial charge in [-0.2, -0.15) is 0 Å². The summed E-state index contributed by atoms with van der Waals surface area (Å²) < 4.78 is 41.9. The van der Waals surface area contributed by atoms with Crippen molar-refractivity contribution in [3.8, 4) is 0 Å². The van der Waals surface area contributed by atoms with E-state index >= 15 is 0 Å². The molecule has 1 unspecified atom stereocenters. The zero-order valence-corrected chi connectivity index (χ0v) is 15.1. The van der Waals surface area contributed by atoms with E-state index in [1.165, 1.54) is 24.5 Å². The second-order valence-corrected chi connectivity index (χ2v) is 8.11. The number of nitrogens with one attached hydrogen (secondary N) is 1. The van der Waals surface area contributed by atoms with E-state index in [9.17, 15) is 12.8 Å². The zero-order chi connectivity index (χ0) is 17.9. The van der Waals surface area contributed by atoms with Crippen molar-refractivity contribution in [1.82, 2.24) is 14.6 Å². The molecule has 25 heavy (non-hydrogen) atoms. The smallest absolute Gasteiger partial charge is 0.242 e. The second kappa shape index (κ2) is 7.78. The third-order valence-electron chi connectivity index (χ3n) is 4.33. The third kappa shape index (κ3) is 4.17. The monoisotopic (exact) mass is 383 g/mol. The van der Waals surface area contributed by atoms with E-state index in [0.29, 0.717) is 10.6 Å². The van der Waals surface area contributed by atoms with E-state index in [-0.39, 0.29) is 11.4 Å². The van der Waals surface area contributed by atoms with Crippen LogP contribution in [0.5, 0.6) is 0 Å². The van der Waals surface area contributed by atoms with Gasteiger partial charge in [-0.25, -0.2) is 17.5 Å². The van der Waals surface area contributed by atoms with E-state index in [1.807, 2.05) is 0 Å². The fourth-order valence-corrected chi connectivity index (χ4v) is 4.36. The summed E-state index contributed by atoms with van der Waals surface area (Å²) in [5, 5.41) is 0.303. The van der Waals surface area contributed by atoms with Crippen LogP contribution in [0.4, 0.5) is 4.39 Å². The molecule has 1 atom stereocenters. The minimum absolute atomic E-state index is 0.0396. The summed E-state index contributed by atoms with van der Waals surface area (Å²) in [7, 11) is -3.72. The van der Waals surface area contributed by atoms with Crippen LogP contribution >= 0.6 is 11.6 Å². The number of hydrogen-bond acceptors (Lipinski definition) is 4. The summed E-state index contributed by atoms with van der Waals surface area (Å²) in [4.78, 5) is 5.98. The van der Waals surface area contributed by atoms with Gasteiger partial charge in [0.05, 0.1) is 6.04 Å². The molecule has 1 aliphatic heterocycles. The molecular formula is C17H19ClFN3O2S. The van der Waals surface area contributed by atoms with Crippen molar-refractivity contribution in [3.05, 3.63) is 59.1 Å². The van der Waals surface area contributed by atoms with Gasteiger partial charge in [-0.05, 0) is 50.2 Å². The van der Waals surface area contributed by atoms with Gasteiger partial charge in [0.15, 0.2) is 0 Å². The van der Waals surface area contributed by atoms with Crippen molar-refractivity contribution in [2.45, 2.75) is 23.8 Å². The van der Waals surface area contributed by atoms with E-state index in [1.54, 1.807) is 18.2 Å². The fraction of sp³-hybridized carbons (Fsp3) is 0.353. The lowest BCUT2D eigenvalue weighted by Crippen LogP contribution is -2.37. The van der Waals surface area contributed by atoms with E-state index in [4.69, 9.17) is 11.6 Å². The molecule has 134 valence electrons. The van der Waals surface area contributed by atoms with Crippen LogP contribution < -0.4 is 4.72 Å².